The van der Waals surface area contributed by atoms with Crippen LogP contribution in [0.3, 0.4) is 0 Å². The molecular weight excluding hydrogens is 301 g/mol. The lowest BCUT2D eigenvalue weighted by Crippen LogP contribution is -2.04. The number of carbonyl (C=O) groups is 1. The third-order valence-electron chi connectivity index (χ3n) is 3.17. The highest BCUT2D eigenvalue weighted by atomic mass is 16.5. The van der Waals surface area contributed by atoms with E-state index < -0.39 is 0 Å². The Hall–Kier alpha value is -2.27. The second-order valence-corrected chi connectivity index (χ2v) is 5.71. The van der Waals surface area contributed by atoms with Crippen LogP contribution in [0.1, 0.15) is 27.3 Å². The third-order valence-corrected chi connectivity index (χ3v) is 3.17. The first-order valence-corrected chi connectivity index (χ1v) is 7.57. The maximum atomic E-state index is 11.4. The van der Waals surface area contributed by atoms with Gasteiger partial charge in [-0.1, -0.05) is 24.3 Å². The second kappa shape index (κ2) is 9.78. The van der Waals surface area contributed by atoms with E-state index in [-0.39, 0.29) is 11.8 Å². The summed E-state index contributed by atoms with van der Waals surface area (Å²) in [7, 11) is 15.2. The molecule has 0 amide bonds. The Morgan fingerprint density at radius 2 is 1.33 bits per heavy atom. The van der Waals surface area contributed by atoms with Gasteiger partial charge in [0.05, 0.1) is 27.6 Å². The Labute approximate surface area is 145 Å². The van der Waals surface area contributed by atoms with Gasteiger partial charge in [0.25, 0.3) is 0 Å². The summed E-state index contributed by atoms with van der Waals surface area (Å²) in [4.78, 5) is 13.4. The van der Waals surface area contributed by atoms with Crippen molar-refractivity contribution >= 4 is 13.8 Å². The molecule has 0 spiro atoms. The molecule has 4 nitrogen and oxygen atoms in total. The standard InChI is InChI=1S/C16H15BO3.C3H9N/c1-19-14-9-7-12(8-10-14)15(17)11-3-5-13(6-4-11)16(18)20-2;1-4(2)3/h3-10,15H,1-2H3;1-3H3. The summed E-state index contributed by atoms with van der Waals surface area (Å²) in [6.45, 7) is 0. The molecule has 0 aliphatic heterocycles. The van der Waals surface area contributed by atoms with E-state index >= 15 is 0 Å². The van der Waals surface area contributed by atoms with Gasteiger partial charge in [-0.3, -0.25) is 0 Å². The van der Waals surface area contributed by atoms with Crippen molar-refractivity contribution in [2.24, 2.45) is 0 Å². The van der Waals surface area contributed by atoms with Crippen molar-refractivity contribution in [3.63, 3.8) is 0 Å². The molecule has 2 aromatic carbocycles. The van der Waals surface area contributed by atoms with Crippen LogP contribution in [0, 0.1) is 0 Å². The van der Waals surface area contributed by atoms with Crippen LogP contribution in [0.5, 0.6) is 5.75 Å². The lowest BCUT2D eigenvalue weighted by atomic mass is 9.76. The number of carbonyl (C=O) groups excluding carboxylic acids is 1. The van der Waals surface area contributed by atoms with Gasteiger partial charge in [0.2, 0.25) is 0 Å². The largest absolute Gasteiger partial charge is 0.497 e. The maximum Gasteiger partial charge on any atom is 0.337 e. The van der Waals surface area contributed by atoms with Gasteiger partial charge < -0.3 is 14.4 Å². The number of hydrogen-bond acceptors (Lipinski definition) is 4. The second-order valence-electron chi connectivity index (χ2n) is 5.71. The van der Waals surface area contributed by atoms with Gasteiger partial charge in [-0.2, -0.15) is 0 Å². The molecule has 0 aliphatic carbocycles. The topological polar surface area (TPSA) is 38.8 Å². The lowest BCUT2D eigenvalue weighted by Gasteiger charge is -2.14. The Morgan fingerprint density at radius 1 is 0.917 bits per heavy atom. The maximum absolute atomic E-state index is 11.4. The summed E-state index contributed by atoms with van der Waals surface area (Å²) >= 11 is 0. The van der Waals surface area contributed by atoms with Crippen molar-refractivity contribution in [3.8, 4) is 5.75 Å². The first-order valence-electron chi connectivity index (χ1n) is 7.57. The van der Waals surface area contributed by atoms with E-state index in [1.165, 1.54) is 7.11 Å². The van der Waals surface area contributed by atoms with Crippen LogP contribution in [0.4, 0.5) is 0 Å². The predicted octanol–water partition coefficient (Wildman–Crippen LogP) is 2.92. The monoisotopic (exact) mass is 325 g/mol. The van der Waals surface area contributed by atoms with Gasteiger partial charge in [0, 0.05) is 0 Å². The number of ether oxygens (including phenoxy) is 2. The molecule has 24 heavy (non-hydrogen) atoms. The molecular formula is C19H24BNO3. The molecule has 1 unspecified atom stereocenters. The molecule has 0 N–H and O–H groups in total. The summed E-state index contributed by atoms with van der Waals surface area (Å²) in [6.07, 6.45) is 0. The van der Waals surface area contributed by atoms with Crippen molar-refractivity contribution in [1.29, 1.82) is 0 Å². The summed E-state index contributed by atoms with van der Waals surface area (Å²) in [5.41, 5.74) is 2.43. The quantitative estimate of drug-likeness (QED) is 0.640. The summed E-state index contributed by atoms with van der Waals surface area (Å²) < 4.78 is 9.78. The minimum atomic E-state index is -0.352. The zero-order valence-electron chi connectivity index (χ0n) is 14.9. The predicted molar refractivity (Wildman–Crippen MR) is 98.0 cm³/mol. The van der Waals surface area contributed by atoms with Gasteiger partial charge in [-0.05, 0) is 62.4 Å². The number of rotatable bonds is 4. The molecule has 126 valence electrons. The molecule has 1 atom stereocenters. The Bertz CT molecular complexity index is 621. The van der Waals surface area contributed by atoms with Crippen LogP contribution in [0.15, 0.2) is 48.5 Å². The van der Waals surface area contributed by atoms with E-state index in [1.807, 2.05) is 62.4 Å². The minimum Gasteiger partial charge on any atom is -0.497 e. The van der Waals surface area contributed by atoms with Gasteiger partial charge in [-0.15, -0.1) is 0 Å². The molecule has 2 radical (unpaired) electrons. The van der Waals surface area contributed by atoms with E-state index in [9.17, 15) is 4.79 Å². The lowest BCUT2D eigenvalue weighted by molar-refractivity contribution is 0.0600. The van der Waals surface area contributed by atoms with Crippen LogP contribution in [0.25, 0.3) is 0 Å². The molecule has 0 saturated carbocycles. The average molecular weight is 325 g/mol. The van der Waals surface area contributed by atoms with Crippen LogP contribution in [0.2, 0.25) is 0 Å². The highest BCUT2D eigenvalue weighted by Gasteiger charge is 2.10. The molecule has 0 heterocycles. The molecule has 2 aromatic rings. The molecule has 0 aromatic heterocycles. The average Bonchev–Trinajstić information content (AvgIpc) is 2.60. The fourth-order valence-electron chi connectivity index (χ4n) is 1.95. The van der Waals surface area contributed by atoms with Gasteiger partial charge >= 0.3 is 5.97 Å². The number of esters is 1. The van der Waals surface area contributed by atoms with E-state index in [2.05, 4.69) is 4.74 Å². The number of nitrogens with zero attached hydrogens (tertiary/aromatic N) is 1. The van der Waals surface area contributed by atoms with Crippen LogP contribution >= 0.6 is 0 Å². The Balaban J connectivity index is 0.000000648. The van der Waals surface area contributed by atoms with E-state index in [1.54, 1.807) is 19.2 Å². The highest BCUT2D eigenvalue weighted by molar-refractivity contribution is 6.14. The molecule has 0 bridgehead atoms. The highest BCUT2D eigenvalue weighted by Crippen LogP contribution is 2.23. The number of methoxy groups -OCH3 is 2. The zero-order valence-corrected chi connectivity index (χ0v) is 14.9. The summed E-state index contributed by atoms with van der Waals surface area (Å²) in [6, 6.07) is 14.7. The fourth-order valence-corrected chi connectivity index (χ4v) is 1.95. The van der Waals surface area contributed by atoms with Crippen molar-refractivity contribution < 1.29 is 14.3 Å². The van der Waals surface area contributed by atoms with Gasteiger partial charge in [-0.25, -0.2) is 4.79 Å². The Kier molecular flexibility index (Phi) is 8.06. The van der Waals surface area contributed by atoms with E-state index in [0.29, 0.717) is 5.56 Å². The molecule has 0 aliphatic rings. The van der Waals surface area contributed by atoms with Crippen LogP contribution in [-0.4, -0.2) is 54.1 Å². The van der Waals surface area contributed by atoms with E-state index in [4.69, 9.17) is 12.6 Å². The summed E-state index contributed by atoms with van der Waals surface area (Å²) in [5, 5.41) is 0. The van der Waals surface area contributed by atoms with E-state index in [0.717, 1.165) is 16.9 Å². The third kappa shape index (κ3) is 6.09. The fraction of sp³-hybridized carbons (Fsp3) is 0.316. The normalized spacial score (nSPS) is 11.2. The van der Waals surface area contributed by atoms with Crippen molar-refractivity contribution in [2.75, 3.05) is 35.4 Å². The number of benzene rings is 2. The SMILES string of the molecule is CN(C)C.[B]C(c1ccc(OC)cc1)c1ccc(C(=O)OC)cc1. The molecule has 5 heteroatoms. The molecule has 2 rings (SSSR count). The molecule has 0 fully saturated rings. The zero-order chi connectivity index (χ0) is 18.1. The summed E-state index contributed by atoms with van der Waals surface area (Å²) in [5.74, 6) is 0.198. The minimum absolute atomic E-state index is 0.243. The number of hydrogen-bond donors (Lipinski definition) is 0. The van der Waals surface area contributed by atoms with Crippen LogP contribution in [-0.2, 0) is 4.74 Å². The first kappa shape index (κ1) is 19.8. The van der Waals surface area contributed by atoms with Crippen molar-refractivity contribution in [3.05, 3.63) is 65.2 Å². The first-order chi connectivity index (χ1) is 11.4. The van der Waals surface area contributed by atoms with Crippen molar-refractivity contribution in [2.45, 2.75) is 5.82 Å². The van der Waals surface area contributed by atoms with Gasteiger partial charge in [0.1, 0.15) is 5.75 Å². The van der Waals surface area contributed by atoms with Gasteiger partial charge in [0.15, 0.2) is 0 Å². The Morgan fingerprint density at radius 3 is 1.71 bits per heavy atom. The van der Waals surface area contributed by atoms with Crippen molar-refractivity contribution in [1.82, 2.24) is 4.90 Å². The molecule has 0 saturated heterocycles. The van der Waals surface area contributed by atoms with Crippen LogP contribution < -0.4 is 4.74 Å². The smallest absolute Gasteiger partial charge is 0.337 e.